The maximum Gasteiger partial charge on any atom is 0.0317 e. The molecule has 0 heterocycles. The van der Waals surface area contributed by atoms with Crippen molar-refractivity contribution in [1.82, 2.24) is 5.32 Å². The van der Waals surface area contributed by atoms with E-state index in [-0.39, 0.29) is 0 Å². The first-order valence-electron chi connectivity index (χ1n) is 8.09. The topological polar surface area (TPSA) is 12.0 Å². The molecule has 1 saturated carbocycles. The molecule has 19 heavy (non-hydrogen) atoms. The summed E-state index contributed by atoms with van der Waals surface area (Å²) in [6, 6.07) is 9.70. The fourth-order valence-corrected chi connectivity index (χ4v) is 3.34. The molecule has 1 aliphatic rings. The molecule has 1 N–H and O–H groups in total. The van der Waals surface area contributed by atoms with E-state index in [1.807, 2.05) is 0 Å². The Labute approximate surface area is 118 Å². The van der Waals surface area contributed by atoms with Crippen molar-refractivity contribution in [3.05, 3.63) is 35.4 Å². The van der Waals surface area contributed by atoms with Crippen LogP contribution in [0.15, 0.2) is 24.3 Å². The zero-order valence-electron chi connectivity index (χ0n) is 12.6. The van der Waals surface area contributed by atoms with Crippen LogP contribution >= 0.6 is 0 Å². The van der Waals surface area contributed by atoms with Crippen LogP contribution in [-0.4, -0.2) is 7.05 Å². The summed E-state index contributed by atoms with van der Waals surface area (Å²) < 4.78 is 0. The fraction of sp³-hybridized carbons (Fsp3) is 0.667. The normalized spacial score (nSPS) is 18.4. The lowest BCUT2D eigenvalue weighted by Gasteiger charge is -2.24. The summed E-state index contributed by atoms with van der Waals surface area (Å²) in [4.78, 5) is 0. The van der Waals surface area contributed by atoms with Crippen LogP contribution in [0, 0.1) is 5.92 Å². The standard InChI is InChI=1S/C18H29N/c1-3-15-9-12-17(13-10-15)18(19-2)14-11-16-7-5-4-6-8-16/h9-10,12-13,16,18-19H,3-8,11,14H2,1-2H3. The third kappa shape index (κ3) is 4.35. The van der Waals surface area contributed by atoms with Crippen molar-refractivity contribution in [3.63, 3.8) is 0 Å². The first-order valence-corrected chi connectivity index (χ1v) is 8.09. The van der Waals surface area contributed by atoms with Gasteiger partial charge in [-0.2, -0.15) is 0 Å². The van der Waals surface area contributed by atoms with Gasteiger partial charge in [-0.15, -0.1) is 0 Å². The lowest BCUT2D eigenvalue weighted by atomic mass is 9.84. The number of hydrogen-bond acceptors (Lipinski definition) is 1. The van der Waals surface area contributed by atoms with Crippen molar-refractivity contribution < 1.29 is 0 Å². The Morgan fingerprint density at radius 1 is 1.11 bits per heavy atom. The van der Waals surface area contributed by atoms with Gasteiger partial charge < -0.3 is 5.32 Å². The molecule has 1 aromatic carbocycles. The molecule has 1 heteroatoms. The zero-order chi connectivity index (χ0) is 13.5. The van der Waals surface area contributed by atoms with Crippen molar-refractivity contribution in [2.75, 3.05) is 7.05 Å². The monoisotopic (exact) mass is 259 g/mol. The molecule has 0 bridgehead atoms. The second-order valence-electron chi connectivity index (χ2n) is 6.02. The van der Waals surface area contributed by atoms with E-state index >= 15 is 0 Å². The quantitative estimate of drug-likeness (QED) is 0.768. The number of benzene rings is 1. The van der Waals surface area contributed by atoms with Crippen LogP contribution in [0.3, 0.4) is 0 Å². The Morgan fingerprint density at radius 2 is 1.79 bits per heavy atom. The summed E-state index contributed by atoms with van der Waals surface area (Å²) in [5, 5.41) is 3.50. The SMILES string of the molecule is CCc1ccc(C(CCC2CCCCC2)NC)cc1. The average molecular weight is 259 g/mol. The van der Waals surface area contributed by atoms with Crippen LogP contribution < -0.4 is 5.32 Å². The minimum absolute atomic E-state index is 0.535. The Bertz CT molecular complexity index is 348. The Kier molecular flexibility index (Phi) is 5.91. The fourth-order valence-electron chi connectivity index (χ4n) is 3.34. The Hall–Kier alpha value is -0.820. The van der Waals surface area contributed by atoms with Crippen LogP contribution in [0.1, 0.15) is 69.0 Å². The number of rotatable bonds is 6. The first kappa shape index (κ1) is 14.6. The van der Waals surface area contributed by atoms with E-state index in [2.05, 4.69) is 43.6 Å². The van der Waals surface area contributed by atoms with Crippen LogP contribution in [0.2, 0.25) is 0 Å². The Balaban J connectivity index is 1.87. The molecule has 1 aromatic rings. The van der Waals surface area contributed by atoms with Crippen LogP contribution in [-0.2, 0) is 6.42 Å². The van der Waals surface area contributed by atoms with Gasteiger partial charge in [-0.25, -0.2) is 0 Å². The lowest BCUT2D eigenvalue weighted by molar-refractivity contribution is 0.317. The van der Waals surface area contributed by atoms with Crippen LogP contribution in [0.5, 0.6) is 0 Å². The number of aryl methyl sites for hydroxylation is 1. The van der Waals surface area contributed by atoms with E-state index in [0.29, 0.717) is 6.04 Å². The molecule has 1 aliphatic carbocycles. The zero-order valence-corrected chi connectivity index (χ0v) is 12.6. The van der Waals surface area contributed by atoms with Crippen LogP contribution in [0.4, 0.5) is 0 Å². The Morgan fingerprint density at radius 3 is 2.37 bits per heavy atom. The molecule has 0 aliphatic heterocycles. The maximum atomic E-state index is 3.50. The van der Waals surface area contributed by atoms with E-state index in [9.17, 15) is 0 Å². The summed E-state index contributed by atoms with van der Waals surface area (Å²) in [6.45, 7) is 2.22. The van der Waals surface area contributed by atoms with E-state index in [1.165, 1.54) is 56.1 Å². The van der Waals surface area contributed by atoms with Gasteiger partial charge in [-0.1, -0.05) is 63.3 Å². The minimum Gasteiger partial charge on any atom is -0.313 e. The summed E-state index contributed by atoms with van der Waals surface area (Å²) in [6.07, 6.45) is 11.1. The molecule has 0 saturated heterocycles. The summed E-state index contributed by atoms with van der Waals surface area (Å²) in [5.74, 6) is 0.986. The molecule has 1 nitrogen and oxygen atoms in total. The first-order chi connectivity index (χ1) is 9.33. The highest BCUT2D eigenvalue weighted by molar-refractivity contribution is 5.25. The van der Waals surface area contributed by atoms with Gasteiger partial charge in [0.1, 0.15) is 0 Å². The van der Waals surface area contributed by atoms with Crippen molar-refractivity contribution in [2.45, 2.75) is 64.3 Å². The van der Waals surface area contributed by atoms with Gasteiger partial charge in [-0.05, 0) is 43.4 Å². The van der Waals surface area contributed by atoms with Crippen molar-refractivity contribution >= 4 is 0 Å². The molecule has 1 fully saturated rings. The van der Waals surface area contributed by atoms with Gasteiger partial charge in [0.25, 0.3) is 0 Å². The molecule has 0 aromatic heterocycles. The largest absolute Gasteiger partial charge is 0.313 e. The van der Waals surface area contributed by atoms with E-state index in [0.717, 1.165) is 12.3 Å². The molecule has 0 amide bonds. The predicted octanol–water partition coefficient (Wildman–Crippen LogP) is 4.87. The van der Waals surface area contributed by atoms with Gasteiger partial charge in [0, 0.05) is 6.04 Å². The van der Waals surface area contributed by atoms with Gasteiger partial charge in [-0.3, -0.25) is 0 Å². The average Bonchev–Trinajstić information content (AvgIpc) is 2.49. The predicted molar refractivity (Wildman–Crippen MR) is 83.4 cm³/mol. The number of nitrogens with one attached hydrogen (secondary N) is 1. The number of hydrogen-bond donors (Lipinski definition) is 1. The van der Waals surface area contributed by atoms with Gasteiger partial charge >= 0.3 is 0 Å². The molecular weight excluding hydrogens is 230 g/mol. The summed E-state index contributed by atoms with van der Waals surface area (Å²) in [7, 11) is 2.10. The van der Waals surface area contributed by atoms with Gasteiger partial charge in [0.2, 0.25) is 0 Å². The van der Waals surface area contributed by atoms with Crippen molar-refractivity contribution in [3.8, 4) is 0 Å². The van der Waals surface area contributed by atoms with Crippen LogP contribution in [0.25, 0.3) is 0 Å². The second-order valence-corrected chi connectivity index (χ2v) is 6.02. The molecule has 0 radical (unpaired) electrons. The molecular formula is C18H29N. The third-order valence-electron chi connectivity index (χ3n) is 4.73. The summed E-state index contributed by atoms with van der Waals surface area (Å²) in [5.41, 5.74) is 2.89. The van der Waals surface area contributed by atoms with Gasteiger partial charge in [0.05, 0.1) is 0 Å². The molecule has 106 valence electrons. The van der Waals surface area contributed by atoms with Gasteiger partial charge in [0.15, 0.2) is 0 Å². The molecule has 1 unspecified atom stereocenters. The molecule has 2 rings (SSSR count). The third-order valence-corrected chi connectivity index (χ3v) is 4.73. The lowest BCUT2D eigenvalue weighted by Crippen LogP contribution is -2.18. The molecule has 1 atom stereocenters. The maximum absolute atomic E-state index is 3.50. The van der Waals surface area contributed by atoms with Crippen molar-refractivity contribution in [2.24, 2.45) is 5.92 Å². The highest BCUT2D eigenvalue weighted by atomic mass is 14.9. The second kappa shape index (κ2) is 7.69. The smallest absolute Gasteiger partial charge is 0.0317 e. The highest BCUT2D eigenvalue weighted by Crippen LogP contribution is 2.30. The van der Waals surface area contributed by atoms with E-state index < -0.39 is 0 Å². The molecule has 0 spiro atoms. The van der Waals surface area contributed by atoms with Crippen molar-refractivity contribution in [1.29, 1.82) is 0 Å². The highest BCUT2D eigenvalue weighted by Gasteiger charge is 2.16. The van der Waals surface area contributed by atoms with E-state index in [1.54, 1.807) is 0 Å². The minimum atomic E-state index is 0.535. The summed E-state index contributed by atoms with van der Waals surface area (Å²) >= 11 is 0. The van der Waals surface area contributed by atoms with E-state index in [4.69, 9.17) is 0 Å².